The van der Waals surface area contributed by atoms with E-state index < -0.39 is 40.5 Å². The number of hydrogen-bond donors (Lipinski definition) is 2. The van der Waals surface area contributed by atoms with Crippen molar-refractivity contribution in [1.29, 1.82) is 0 Å². The number of ether oxygens (including phenoxy) is 2. The molecular formula is C34H35F4NO5. The first-order chi connectivity index (χ1) is 20.5. The molecule has 2 N–H and O–H groups in total. The van der Waals surface area contributed by atoms with Gasteiger partial charge in [0.15, 0.2) is 0 Å². The lowest BCUT2D eigenvalue weighted by Gasteiger charge is -2.22. The Morgan fingerprint density at radius 2 is 1.82 bits per heavy atom. The number of carboxylic acids is 1. The molecule has 1 fully saturated rings. The van der Waals surface area contributed by atoms with Crippen molar-refractivity contribution >= 4 is 5.97 Å². The van der Waals surface area contributed by atoms with Gasteiger partial charge in [-0.2, -0.15) is 13.2 Å². The van der Waals surface area contributed by atoms with Crippen molar-refractivity contribution in [3.63, 3.8) is 0 Å². The Hall–Kier alpha value is -3.66. The van der Waals surface area contributed by atoms with Crippen LogP contribution in [0.1, 0.15) is 91.3 Å². The topological polar surface area (TPSA) is 88.9 Å². The smallest absolute Gasteiger partial charge is 0.416 e. The van der Waals surface area contributed by atoms with Crippen LogP contribution in [0.2, 0.25) is 0 Å². The Bertz CT molecular complexity index is 1630. The molecule has 3 aromatic rings. The lowest BCUT2D eigenvalue weighted by molar-refractivity contribution is -0.139. The van der Waals surface area contributed by atoms with E-state index in [0.29, 0.717) is 24.0 Å². The number of nitrogens with zero attached hydrogens (tertiary/aromatic N) is 1. The summed E-state index contributed by atoms with van der Waals surface area (Å²) in [6.07, 6.45) is -1.77. The predicted molar refractivity (Wildman–Crippen MR) is 153 cm³/mol. The first kappa shape index (κ1) is 30.4. The number of benzene rings is 2. The summed E-state index contributed by atoms with van der Waals surface area (Å²) in [7, 11) is 0. The van der Waals surface area contributed by atoms with Gasteiger partial charge in [-0.05, 0) is 90.1 Å². The second-order valence-electron chi connectivity index (χ2n) is 13.6. The van der Waals surface area contributed by atoms with Crippen LogP contribution in [0.3, 0.4) is 0 Å². The molecule has 1 heterocycles. The van der Waals surface area contributed by atoms with Crippen LogP contribution in [0.15, 0.2) is 42.6 Å². The minimum absolute atomic E-state index is 0.0200. The van der Waals surface area contributed by atoms with Crippen LogP contribution in [-0.4, -0.2) is 33.4 Å². The summed E-state index contributed by atoms with van der Waals surface area (Å²) in [6, 6.07) is 8.73. The average molecular weight is 614 g/mol. The van der Waals surface area contributed by atoms with Crippen molar-refractivity contribution in [1.82, 2.24) is 4.98 Å². The zero-order chi connectivity index (χ0) is 31.8. The zero-order valence-corrected chi connectivity index (χ0v) is 25.0. The molecule has 44 heavy (non-hydrogen) atoms. The summed E-state index contributed by atoms with van der Waals surface area (Å²) < 4.78 is 69.9. The molecule has 0 aliphatic heterocycles. The van der Waals surface area contributed by atoms with Gasteiger partial charge in [-0.15, -0.1) is 0 Å². The first-order valence-electron chi connectivity index (χ1n) is 14.8. The molecule has 0 bridgehead atoms. The molecule has 3 aliphatic carbocycles. The second-order valence-corrected chi connectivity index (χ2v) is 13.6. The van der Waals surface area contributed by atoms with Crippen molar-refractivity contribution in [2.24, 2.45) is 11.8 Å². The van der Waals surface area contributed by atoms with Gasteiger partial charge in [-0.1, -0.05) is 19.9 Å². The fourth-order valence-corrected chi connectivity index (χ4v) is 7.06. The Morgan fingerprint density at radius 3 is 2.50 bits per heavy atom. The molecule has 0 spiro atoms. The van der Waals surface area contributed by atoms with E-state index in [9.17, 15) is 28.2 Å². The number of carbonyl (C=O) groups is 1. The molecular weight excluding hydrogens is 578 g/mol. The van der Waals surface area contributed by atoms with Crippen LogP contribution < -0.4 is 9.47 Å². The van der Waals surface area contributed by atoms with E-state index in [-0.39, 0.29) is 60.1 Å². The zero-order valence-electron chi connectivity index (χ0n) is 25.0. The molecule has 0 saturated heterocycles. The van der Waals surface area contributed by atoms with Crippen molar-refractivity contribution in [2.75, 3.05) is 6.61 Å². The Balaban J connectivity index is 1.25. The monoisotopic (exact) mass is 613 g/mol. The maximum Gasteiger partial charge on any atom is 0.416 e. The second kappa shape index (κ2) is 10.5. The summed E-state index contributed by atoms with van der Waals surface area (Å²) >= 11 is 0. The van der Waals surface area contributed by atoms with Gasteiger partial charge in [0, 0.05) is 36.1 Å². The van der Waals surface area contributed by atoms with Gasteiger partial charge in [-0.3, -0.25) is 4.79 Å². The lowest BCUT2D eigenvalue weighted by Crippen LogP contribution is -2.22. The van der Waals surface area contributed by atoms with E-state index in [1.807, 2.05) is 13.8 Å². The van der Waals surface area contributed by atoms with Crippen LogP contribution in [0, 0.1) is 17.7 Å². The molecule has 1 saturated carbocycles. The van der Waals surface area contributed by atoms with Crippen molar-refractivity contribution in [3.8, 4) is 11.6 Å². The third-order valence-corrected chi connectivity index (χ3v) is 9.37. The van der Waals surface area contributed by atoms with Gasteiger partial charge in [0.25, 0.3) is 0 Å². The molecule has 3 aliphatic rings. The summed E-state index contributed by atoms with van der Waals surface area (Å²) in [5.41, 5.74) is 1.09. The van der Waals surface area contributed by atoms with Gasteiger partial charge < -0.3 is 19.7 Å². The van der Waals surface area contributed by atoms with Crippen LogP contribution >= 0.6 is 0 Å². The predicted octanol–water partition coefficient (Wildman–Crippen LogP) is 7.14. The summed E-state index contributed by atoms with van der Waals surface area (Å²) in [5, 5.41) is 19.2. The number of aliphatic hydroxyl groups is 1. The quantitative estimate of drug-likeness (QED) is 0.250. The molecule has 6 nitrogen and oxygen atoms in total. The Kier molecular flexibility index (Phi) is 7.22. The van der Waals surface area contributed by atoms with Crippen LogP contribution in [0.25, 0.3) is 0 Å². The van der Waals surface area contributed by atoms with Crippen LogP contribution in [0.5, 0.6) is 11.6 Å². The molecule has 1 unspecified atom stereocenters. The summed E-state index contributed by atoms with van der Waals surface area (Å²) in [4.78, 5) is 15.7. The molecule has 0 radical (unpaired) electrons. The van der Waals surface area contributed by atoms with Gasteiger partial charge in [0.1, 0.15) is 18.2 Å². The lowest BCUT2D eigenvalue weighted by atomic mass is 9.84. The highest BCUT2D eigenvalue weighted by molar-refractivity contribution is 5.77. The number of carboxylic acid groups (broad SMARTS) is 1. The highest BCUT2D eigenvalue weighted by atomic mass is 19.4. The van der Waals surface area contributed by atoms with E-state index >= 15 is 4.39 Å². The number of alkyl halides is 3. The Morgan fingerprint density at radius 1 is 1.07 bits per heavy atom. The highest BCUT2D eigenvalue weighted by Crippen LogP contribution is 2.61. The standard InChI is InChI=1S/C34H35F4NO5/c1-32(2)14-23(20-6-5-19(12-26(20)34(36,37)38)43-8-7-33(3,4)42)21-10-18(27(35)13-25(21)32)16-44-28-11-17-9-22-29(24(17)15-39-28)30(22)31(40)41/h5-6,10-13,15,22-23,29-30,42H,7-9,14,16H2,1-4H3,(H,40,41)/t22-,23?,29-,30+/m1/s1. The number of aliphatic carboxylic acids is 1. The van der Waals surface area contributed by atoms with E-state index in [1.165, 1.54) is 18.2 Å². The third-order valence-electron chi connectivity index (χ3n) is 9.37. The minimum atomic E-state index is -4.64. The van der Waals surface area contributed by atoms with Crippen LogP contribution in [-0.2, 0) is 29.4 Å². The van der Waals surface area contributed by atoms with E-state index in [0.717, 1.165) is 17.2 Å². The van der Waals surface area contributed by atoms with E-state index in [2.05, 4.69) is 4.98 Å². The van der Waals surface area contributed by atoms with Gasteiger partial charge in [0.05, 0.1) is 23.7 Å². The molecule has 1 aromatic heterocycles. The van der Waals surface area contributed by atoms with Gasteiger partial charge >= 0.3 is 12.1 Å². The van der Waals surface area contributed by atoms with E-state index in [1.54, 1.807) is 32.2 Å². The number of rotatable bonds is 9. The number of hydrogen-bond acceptors (Lipinski definition) is 5. The largest absolute Gasteiger partial charge is 0.493 e. The van der Waals surface area contributed by atoms with Gasteiger partial charge in [-0.25, -0.2) is 9.37 Å². The summed E-state index contributed by atoms with van der Waals surface area (Å²) in [5.74, 6) is -1.90. The SMILES string of the molecule is CC(C)(O)CCOc1ccc(C2CC(C)(C)c3cc(F)c(COc4cc5c(cn4)[C@H]4[C@@H](C5)[C@@H]4C(=O)O)cc32)c(C(F)(F)F)c1. The number of halogens is 4. The van der Waals surface area contributed by atoms with Crippen molar-refractivity contribution in [2.45, 2.75) is 82.6 Å². The highest BCUT2D eigenvalue weighted by Gasteiger charge is 2.60. The van der Waals surface area contributed by atoms with Gasteiger partial charge in [0.2, 0.25) is 5.88 Å². The molecule has 10 heteroatoms. The van der Waals surface area contributed by atoms with Crippen molar-refractivity contribution in [3.05, 3.63) is 87.4 Å². The van der Waals surface area contributed by atoms with E-state index in [4.69, 9.17) is 9.47 Å². The number of pyridine rings is 1. The number of fused-ring (bicyclic) bond motifs is 4. The first-order valence-corrected chi connectivity index (χ1v) is 14.8. The normalized spacial score (nSPS) is 23.1. The maximum absolute atomic E-state index is 15.4. The minimum Gasteiger partial charge on any atom is -0.493 e. The summed E-state index contributed by atoms with van der Waals surface area (Å²) in [6.45, 7) is 6.90. The number of aromatic nitrogens is 1. The molecule has 234 valence electrons. The van der Waals surface area contributed by atoms with Crippen molar-refractivity contribution < 1.29 is 42.0 Å². The fourth-order valence-electron chi connectivity index (χ4n) is 7.06. The molecule has 0 amide bonds. The fraction of sp³-hybridized carbons (Fsp3) is 0.471. The maximum atomic E-state index is 15.4. The van der Waals surface area contributed by atoms with Crippen LogP contribution in [0.4, 0.5) is 17.6 Å². The third kappa shape index (κ3) is 5.64. The Labute approximate surface area is 253 Å². The molecule has 4 atom stereocenters. The molecule has 6 rings (SSSR count). The average Bonchev–Trinajstić information content (AvgIpc) is 3.42. The molecule has 2 aromatic carbocycles.